The van der Waals surface area contributed by atoms with E-state index in [1.54, 1.807) is 0 Å². The van der Waals surface area contributed by atoms with Crippen LogP contribution in [0.4, 0.5) is 5.69 Å². The number of nitro benzene ring substituents is 1. The third-order valence-electron chi connectivity index (χ3n) is 3.11. The minimum absolute atomic E-state index is 0.0578. The molecule has 0 radical (unpaired) electrons. The predicted molar refractivity (Wildman–Crippen MR) is 68.0 cm³/mol. The van der Waals surface area contributed by atoms with Crippen molar-refractivity contribution in [2.75, 3.05) is 0 Å². The van der Waals surface area contributed by atoms with Gasteiger partial charge in [0, 0.05) is 12.1 Å². The minimum atomic E-state index is -1.82. The summed E-state index contributed by atoms with van der Waals surface area (Å²) >= 11 is 0. The number of rotatable bonds is 4. The summed E-state index contributed by atoms with van der Waals surface area (Å²) in [7, 11) is 0. The fourth-order valence-corrected chi connectivity index (χ4v) is 1.93. The second kappa shape index (κ2) is 6.23. The molecule has 1 fully saturated rings. The Balaban J connectivity index is 2.13. The standard InChI is InChI=1S/C12H13NO9/c14-7-8(15)10(11(17)18)22-12(9(7)16)21-6-3-1-5(2-4-6)13(19)20/h1-4,7-10,12,14-16H,(H,17,18)/t7?,8-,9?,10?,12+/m0/s1. The first-order chi connectivity index (χ1) is 10.3. The van der Waals surface area contributed by atoms with E-state index >= 15 is 0 Å². The molecule has 0 amide bonds. The number of nitro groups is 1. The van der Waals surface area contributed by atoms with E-state index in [1.165, 1.54) is 12.1 Å². The molecule has 0 aromatic heterocycles. The number of hydrogen-bond acceptors (Lipinski definition) is 8. The normalized spacial score (nSPS) is 31.5. The van der Waals surface area contributed by atoms with Gasteiger partial charge in [-0.05, 0) is 12.1 Å². The van der Waals surface area contributed by atoms with Gasteiger partial charge in [0.05, 0.1) is 4.92 Å². The van der Waals surface area contributed by atoms with E-state index in [0.717, 1.165) is 12.1 Å². The summed E-state index contributed by atoms with van der Waals surface area (Å²) in [6.07, 6.45) is -8.62. The zero-order chi connectivity index (χ0) is 16.4. The van der Waals surface area contributed by atoms with Crippen LogP contribution in [-0.2, 0) is 9.53 Å². The maximum absolute atomic E-state index is 10.9. The Morgan fingerprint density at radius 3 is 2.23 bits per heavy atom. The van der Waals surface area contributed by atoms with E-state index in [-0.39, 0.29) is 11.4 Å². The van der Waals surface area contributed by atoms with Crippen molar-refractivity contribution < 1.29 is 39.6 Å². The van der Waals surface area contributed by atoms with Crippen molar-refractivity contribution in [3.8, 4) is 5.75 Å². The van der Waals surface area contributed by atoms with Gasteiger partial charge in [0.15, 0.2) is 6.10 Å². The van der Waals surface area contributed by atoms with E-state index in [0.29, 0.717) is 0 Å². The number of benzene rings is 1. The molecule has 1 saturated heterocycles. The molecule has 5 atom stereocenters. The average molecular weight is 315 g/mol. The monoisotopic (exact) mass is 315 g/mol. The number of carbonyl (C=O) groups is 1. The van der Waals surface area contributed by atoms with Gasteiger partial charge in [-0.3, -0.25) is 10.1 Å². The first-order valence-electron chi connectivity index (χ1n) is 6.15. The number of aliphatic hydroxyl groups excluding tert-OH is 3. The van der Waals surface area contributed by atoms with E-state index in [4.69, 9.17) is 14.6 Å². The number of carboxylic acids is 1. The Morgan fingerprint density at radius 2 is 1.73 bits per heavy atom. The molecule has 1 aromatic carbocycles. The van der Waals surface area contributed by atoms with Crippen LogP contribution in [0, 0.1) is 10.1 Å². The van der Waals surface area contributed by atoms with Crippen LogP contribution in [0.2, 0.25) is 0 Å². The fourth-order valence-electron chi connectivity index (χ4n) is 1.93. The number of nitrogens with zero attached hydrogens (tertiary/aromatic N) is 1. The predicted octanol–water partition coefficient (Wildman–Crippen LogP) is -1.13. The van der Waals surface area contributed by atoms with Crippen LogP contribution < -0.4 is 4.74 Å². The summed E-state index contributed by atoms with van der Waals surface area (Å²) in [6, 6.07) is 4.73. The number of non-ortho nitro benzene ring substituents is 1. The van der Waals surface area contributed by atoms with Gasteiger partial charge < -0.3 is 29.9 Å². The van der Waals surface area contributed by atoms with Crippen molar-refractivity contribution in [1.29, 1.82) is 0 Å². The zero-order valence-corrected chi connectivity index (χ0v) is 11.0. The smallest absolute Gasteiger partial charge is 0.335 e. The summed E-state index contributed by atoms with van der Waals surface area (Å²) in [4.78, 5) is 20.8. The van der Waals surface area contributed by atoms with E-state index in [1.807, 2.05) is 0 Å². The molecular formula is C12H13NO9. The van der Waals surface area contributed by atoms with Crippen LogP contribution in [0.25, 0.3) is 0 Å². The van der Waals surface area contributed by atoms with Crippen molar-refractivity contribution in [2.24, 2.45) is 0 Å². The molecule has 1 heterocycles. The number of aliphatic hydroxyl groups is 3. The Kier molecular flexibility index (Phi) is 4.56. The second-order valence-corrected chi connectivity index (χ2v) is 4.60. The molecule has 1 aliphatic rings. The molecule has 0 spiro atoms. The van der Waals surface area contributed by atoms with Gasteiger partial charge in [-0.2, -0.15) is 0 Å². The molecule has 10 heteroatoms. The van der Waals surface area contributed by atoms with Crippen LogP contribution in [0.5, 0.6) is 5.75 Å². The van der Waals surface area contributed by atoms with Gasteiger partial charge in [-0.1, -0.05) is 0 Å². The minimum Gasteiger partial charge on any atom is -0.479 e. The van der Waals surface area contributed by atoms with Crippen molar-refractivity contribution in [3.05, 3.63) is 34.4 Å². The largest absolute Gasteiger partial charge is 0.479 e. The van der Waals surface area contributed by atoms with Crippen molar-refractivity contribution in [3.63, 3.8) is 0 Å². The molecule has 2 rings (SSSR count). The first kappa shape index (κ1) is 16.1. The molecule has 1 aromatic rings. The highest BCUT2D eigenvalue weighted by Crippen LogP contribution is 2.25. The van der Waals surface area contributed by atoms with Crippen LogP contribution in [0.15, 0.2) is 24.3 Å². The lowest BCUT2D eigenvalue weighted by atomic mass is 9.99. The average Bonchev–Trinajstić information content (AvgIpc) is 2.48. The SMILES string of the molecule is O=C(O)C1O[C@@H](Oc2ccc([N+](=O)[O-])cc2)C(O)C(O)[C@@H]1O. The van der Waals surface area contributed by atoms with Gasteiger partial charge in [0.1, 0.15) is 24.1 Å². The van der Waals surface area contributed by atoms with Gasteiger partial charge in [-0.15, -0.1) is 0 Å². The Labute approximate surface area is 123 Å². The number of ether oxygens (including phenoxy) is 2. The highest BCUT2D eigenvalue weighted by atomic mass is 16.7. The van der Waals surface area contributed by atoms with Crippen LogP contribution in [0.1, 0.15) is 0 Å². The molecule has 0 aliphatic carbocycles. The van der Waals surface area contributed by atoms with Crippen LogP contribution in [0.3, 0.4) is 0 Å². The van der Waals surface area contributed by atoms with Crippen molar-refractivity contribution >= 4 is 11.7 Å². The quantitative estimate of drug-likeness (QED) is 0.398. The number of aliphatic carboxylic acids is 1. The summed E-state index contributed by atoms with van der Waals surface area (Å²) < 4.78 is 10.1. The number of carboxylic acid groups (broad SMARTS) is 1. The fraction of sp³-hybridized carbons (Fsp3) is 0.417. The van der Waals surface area contributed by atoms with Gasteiger partial charge in [0.25, 0.3) is 5.69 Å². The molecule has 4 N–H and O–H groups in total. The topological polar surface area (TPSA) is 160 Å². The van der Waals surface area contributed by atoms with Crippen molar-refractivity contribution in [2.45, 2.75) is 30.7 Å². The molecule has 0 bridgehead atoms. The highest BCUT2D eigenvalue weighted by molar-refractivity contribution is 5.73. The van der Waals surface area contributed by atoms with E-state index in [9.17, 15) is 30.2 Å². The first-order valence-corrected chi connectivity index (χ1v) is 6.15. The summed E-state index contributed by atoms with van der Waals surface area (Å²) in [5, 5.41) is 48.3. The van der Waals surface area contributed by atoms with Crippen LogP contribution >= 0.6 is 0 Å². The maximum atomic E-state index is 10.9. The molecule has 22 heavy (non-hydrogen) atoms. The molecule has 0 saturated carbocycles. The van der Waals surface area contributed by atoms with E-state index < -0.39 is 41.6 Å². The Hall–Kier alpha value is -2.27. The summed E-state index contributed by atoms with van der Waals surface area (Å²) in [5.41, 5.74) is -0.184. The third kappa shape index (κ3) is 3.14. The third-order valence-corrected chi connectivity index (χ3v) is 3.11. The second-order valence-electron chi connectivity index (χ2n) is 4.60. The lowest BCUT2D eigenvalue weighted by Gasteiger charge is -2.38. The molecule has 120 valence electrons. The lowest BCUT2D eigenvalue weighted by Crippen LogP contribution is -2.61. The molecule has 1 aliphatic heterocycles. The molecule has 10 nitrogen and oxygen atoms in total. The van der Waals surface area contributed by atoms with Gasteiger partial charge >= 0.3 is 5.97 Å². The molecular weight excluding hydrogens is 302 g/mol. The Bertz CT molecular complexity index is 560. The van der Waals surface area contributed by atoms with Gasteiger partial charge in [0.2, 0.25) is 6.29 Å². The summed E-state index contributed by atoms with van der Waals surface area (Å²) in [6.45, 7) is 0. The maximum Gasteiger partial charge on any atom is 0.335 e. The lowest BCUT2D eigenvalue weighted by molar-refractivity contribution is -0.384. The van der Waals surface area contributed by atoms with Crippen LogP contribution in [-0.4, -0.2) is 62.0 Å². The van der Waals surface area contributed by atoms with E-state index in [2.05, 4.69) is 0 Å². The highest BCUT2D eigenvalue weighted by Gasteiger charge is 2.48. The summed E-state index contributed by atoms with van der Waals surface area (Å²) in [5.74, 6) is -1.47. The Morgan fingerprint density at radius 1 is 1.14 bits per heavy atom. The van der Waals surface area contributed by atoms with Gasteiger partial charge in [-0.25, -0.2) is 4.79 Å². The number of hydrogen-bond donors (Lipinski definition) is 4. The molecule has 3 unspecified atom stereocenters. The zero-order valence-electron chi connectivity index (χ0n) is 11.0. The van der Waals surface area contributed by atoms with Crippen molar-refractivity contribution in [1.82, 2.24) is 0 Å².